The van der Waals surface area contributed by atoms with E-state index in [-0.39, 0.29) is 30.2 Å². The van der Waals surface area contributed by atoms with Crippen molar-refractivity contribution < 1.29 is 14.0 Å². The molecule has 0 aliphatic carbocycles. The van der Waals surface area contributed by atoms with Gasteiger partial charge in [0.25, 0.3) is 0 Å². The molecule has 1 fully saturated rings. The van der Waals surface area contributed by atoms with Crippen LogP contribution in [-0.2, 0) is 22.6 Å². The van der Waals surface area contributed by atoms with Gasteiger partial charge in [-0.15, -0.1) is 0 Å². The highest BCUT2D eigenvalue weighted by Crippen LogP contribution is 2.13. The number of amides is 2. The van der Waals surface area contributed by atoms with Crippen LogP contribution in [0.4, 0.5) is 4.39 Å². The fourth-order valence-electron chi connectivity index (χ4n) is 2.81. The van der Waals surface area contributed by atoms with E-state index in [2.05, 4.69) is 10.4 Å². The molecule has 0 saturated carbocycles. The Morgan fingerprint density at radius 3 is 2.83 bits per heavy atom. The molecule has 1 saturated heterocycles. The molecule has 7 heteroatoms. The Hall–Kier alpha value is -2.70. The van der Waals surface area contributed by atoms with E-state index in [0.29, 0.717) is 25.9 Å². The number of hydrogen-bond donors (Lipinski definition) is 1. The number of carbonyl (C=O) groups excluding carboxylic acids is 2. The second-order valence-electron chi connectivity index (χ2n) is 5.89. The monoisotopic (exact) mass is 330 g/mol. The smallest absolute Gasteiger partial charge is 0.242 e. The van der Waals surface area contributed by atoms with Crippen LogP contribution in [0.1, 0.15) is 12.0 Å². The molecule has 0 spiro atoms. The topological polar surface area (TPSA) is 67.2 Å². The summed E-state index contributed by atoms with van der Waals surface area (Å²) in [7, 11) is 0. The van der Waals surface area contributed by atoms with Crippen molar-refractivity contribution in [2.75, 3.05) is 13.1 Å². The van der Waals surface area contributed by atoms with Crippen LogP contribution in [0.15, 0.2) is 42.7 Å². The third kappa shape index (κ3) is 4.18. The SMILES string of the molecule is O=C(Cn1cccn1)NC1CC(=O)N(CCc2ccc(F)cc2)C1. The first-order chi connectivity index (χ1) is 11.6. The molecule has 0 bridgehead atoms. The number of benzene rings is 1. The molecule has 2 aromatic rings. The van der Waals surface area contributed by atoms with Crippen LogP contribution >= 0.6 is 0 Å². The summed E-state index contributed by atoms with van der Waals surface area (Å²) in [4.78, 5) is 25.7. The van der Waals surface area contributed by atoms with Gasteiger partial charge in [-0.1, -0.05) is 12.1 Å². The molecular weight excluding hydrogens is 311 g/mol. The number of halogens is 1. The average molecular weight is 330 g/mol. The van der Waals surface area contributed by atoms with Gasteiger partial charge in [-0.05, 0) is 30.2 Å². The van der Waals surface area contributed by atoms with Crippen LogP contribution in [0.2, 0.25) is 0 Å². The predicted molar refractivity (Wildman–Crippen MR) is 85.5 cm³/mol. The molecule has 6 nitrogen and oxygen atoms in total. The summed E-state index contributed by atoms with van der Waals surface area (Å²) in [6.45, 7) is 1.22. The zero-order valence-electron chi connectivity index (χ0n) is 13.2. The molecule has 0 radical (unpaired) electrons. The summed E-state index contributed by atoms with van der Waals surface area (Å²) in [5.74, 6) is -0.394. The van der Waals surface area contributed by atoms with Gasteiger partial charge < -0.3 is 10.2 Å². The van der Waals surface area contributed by atoms with Gasteiger partial charge in [-0.3, -0.25) is 14.3 Å². The summed E-state index contributed by atoms with van der Waals surface area (Å²) in [6.07, 6.45) is 4.31. The van der Waals surface area contributed by atoms with E-state index in [1.165, 1.54) is 12.1 Å². The molecule has 126 valence electrons. The fraction of sp³-hybridized carbons (Fsp3) is 0.353. The molecule has 1 aromatic carbocycles. The lowest BCUT2D eigenvalue weighted by atomic mass is 10.1. The summed E-state index contributed by atoms with van der Waals surface area (Å²) in [5, 5.41) is 6.85. The molecule has 3 rings (SSSR count). The molecular formula is C17H19FN4O2. The Morgan fingerprint density at radius 1 is 1.33 bits per heavy atom. The maximum absolute atomic E-state index is 12.9. The molecule has 2 amide bonds. The number of hydrogen-bond acceptors (Lipinski definition) is 3. The molecule has 2 heterocycles. The molecule has 1 aliphatic heterocycles. The fourth-order valence-corrected chi connectivity index (χ4v) is 2.81. The Balaban J connectivity index is 1.46. The Morgan fingerprint density at radius 2 is 2.12 bits per heavy atom. The zero-order chi connectivity index (χ0) is 16.9. The van der Waals surface area contributed by atoms with E-state index in [1.54, 1.807) is 40.2 Å². The van der Waals surface area contributed by atoms with Crippen molar-refractivity contribution in [3.05, 3.63) is 54.1 Å². The van der Waals surface area contributed by atoms with Gasteiger partial charge in [0.1, 0.15) is 12.4 Å². The van der Waals surface area contributed by atoms with E-state index >= 15 is 0 Å². The lowest BCUT2D eigenvalue weighted by Gasteiger charge is -2.17. The number of aromatic nitrogens is 2. The normalized spacial score (nSPS) is 17.3. The quantitative estimate of drug-likeness (QED) is 0.859. The lowest BCUT2D eigenvalue weighted by molar-refractivity contribution is -0.127. The average Bonchev–Trinajstić information content (AvgIpc) is 3.16. The minimum absolute atomic E-state index is 0.0292. The van der Waals surface area contributed by atoms with Crippen molar-refractivity contribution in [1.29, 1.82) is 0 Å². The standard InChI is InChI=1S/C17H19FN4O2/c18-14-4-2-13(3-5-14)6-9-21-11-15(10-17(21)24)20-16(23)12-22-8-1-7-19-22/h1-5,7-8,15H,6,9-12H2,(H,20,23). The minimum Gasteiger partial charge on any atom is -0.349 e. The highest BCUT2D eigenvalue weighted by molar-refractivity contribution is 5.82. The van der Waals surface area contributed by atoms with Crippen molar-refractivity contribution in [2.45, 2.75) is 25.4 Å². The number of carbonyl (C=O) groups is 2. The van der Waals surface area contributed by atoms with Gasteiger partial charge >= 0.3 is 0 Å². The van der Waals surface area contributed by atoms with Crippen molar-refractivity contribution in [3.8, 4) is 0 Å². The molecule has 1 aliphatic rings. The molecule has 24 heavy (non-hydrogen) atoms. The van der Waals surface area contributed by atoms with E-state index in [4.69, 9.17) is 0 Å². The third-order valence-corrected chi connectivity index (χ3v) is 4.03. The van der Waals surface area contributed by atoms with E-state index in [0.717, 1.165) is 5.56 Å². The van der Waals surface area contributed by atoms with Crippen LogP contribution in [0.5, 0.6) is 0 Å². The van der Waals surface area contributed by atoms with E-state index in [1.807, 2.05) is 0 Å². The van der Waals surface area contributed by atoms with Gasteiger partial charge in [0.05, 0.1) is 6.04 Å². The molecule has 1 aromatic heterocycles. The number of nitrogens with one attached hydrogen (secondary N) is 1. The minimum atomic E-state index is -0.268. The van der Waals surface area contributed by atoms with E-state index < -0.39 is 0 Å². The van der Waals surface area contributed by atoms with Crippen LogP contribution < -0.4 is 5.32 Å². The van der Waals surface area contributed by atoms with Gasteiger partial charge in [0.2, 0.25) is 11.8 Å². The van der Waals surface area contributed by atoms with Gasteiger partial charge in [0.15, 0.2) is 0 Å². The van der Waals surface area contributed by atoms with Gasteiger partial charge in [-0.25, -0.2) is 4.39 Å². The number of nitrogens with zero attached hydrogens (tertiary/aromatic N) is 3. The maximum atomic E-state index is 12.9. The Kier molecular flexibility index (Phi) is 4.88. The maximum Gasteiger partial charge on any atom is 0.242 e. The summed E-state index contributed by atoms with van der Waals surface area (Å²) >= 11 is 0. The first kappa shape index (κ1) is 16.2. The number of rotatable bonds is 6. The highest BCUT2D eigenvalue weighted by atomic mass is 19.1. The summed E-state index contributed by atoms with van der Waals surface area (Å²) in [5.41, 5.74) is 0.982. The van der Waals surface area contributed by atoms with Crippen molar-refractivity contribution in [1.82, 2.24) is 20.0 Å². The molecule has 1 unspecified atom stereocenters. The first-order valence-corrected chi connectivity index (χ1v) is 7.89. The zero-order valence-corrected chi connectivity index (χ0v) is 13.2. The van der Waals surface area contributed by atoms with Crippen molar-refractivity contribution in [2.24, 2.45) is 0 Å². The second kappa shape index (κ2) is 7.25. The molecule has 1 atom stereocenters. The summed E-state index contributed by atoms with van der Waals surface area (Å²) < 4.78 is 14.4. The lowest BCUT2D eigenvalue weighted by Crippen LogP contribution is -2.39. The van der Waals surface area contributed by atoms with Crippen LogP contribution in [0.3, 0.4) is 0 Å². The Bertz CT molecular complexity index is 700. The van der Waals surface area contributed by atoms with Crippen molar-refractivity contribution in [3.63, 3.8) is 0 Å². The van der Waals surface area contributed by atoms with Crippen molar-refractivity contribution >= 4 is 11.8 Å². The van der Waals surface area contributed by atoms with E-state index in [9.17, 15) is 14.0 Å². The molecule has 1 N–H and O–H groups in total. The van der Waals surface area contributed by atoms with Crippen LogP contribution in [0, 0.1) is 5.82 Å². The third-order valence-electron chi connectivity index (χ3n) is 4.03. The van der Waals surface area contributed by atoms with Crippen LogP contribution in [-0.4, -0.2) is 45.6 Å². The predicted octanol–water partition coefficient (Wildman–Crippen LogP) is 0.982. The highest BCUT2D eigenvalue weighted by Gasteiger charge is 2.30. The second-order valence-corrected chi connectivity index (χ2v) is 5.89. The number of likely N-dealkylation sites (tertiary alicyclic amines) is 1. The largest absolute Gasteiger partial charge is 0.349 e. The van der Waals surface area contributed by atoms with Crippen LogP contribution in [0.25, 0.3) is 0 Å². The Labute approximate surface area is 139 Å². The first-order valence-electron chi connectivity index (χ1n) is 7.89. The van der Waals surface area contributed by atoms with Gasteiger partial charge in [-0.2, -0.15) is 5.10 Å². The summed E-state index contributed by atoms with van der Waals surface area (Å²) in [6, 6.07) is 7.86. The van der Waals surface area contributed by atoms with Gasteiger partial charge in [0, 0.05) is 31.9 Å².